The molecule has 1 amide bonds. The summed E-state index contributed by atoms with van der Waals surface area (Å²) in [6.45, 7) is 0.608. The van der Waals surface area contributed by atoms with Crippen LogP contribution in [0, 0.1) is 0 Å². The number of H-pyrrole nitrogens is 1. The topological polar surface area (TPSA) is 80.4 Å². The lowest BCUT2D eigenvalue weighted by Crippen LogP contribution is -2.29. The molecule has 0 saturated carbocycles. The number of aromatic nitrogens is 1. The Hall–Kier alpha value is -2.76. The fraction of sp³-hybridized carbons (Fsp3) is 0.200. The summed E-state index contributed by atoms with van der Waals surface area (Å²) in [6.07, 6.45) is 1.43. The third-order valence-corrected chi connectivity index (χ3v) is 2.73. The standard InChI is InChI=1S/C15H16N2O4/c1-20-13-4-2-3-5-14(13)21-9-8-17-15(19)12-10-11(18)6-7-16-12/h2-7,10H,8-9H2,1H3,(H,16,18)(H,17,19). The van der Waals surface area contributed by atoms with E-state index < -0.39 is 0 Å². The molecule has 21 heavy (non-hydrogen) atoms. The van der Waals surface area contributed by atoms with E-state index in [-0.39, 0.29) is 17.0 Å². The highest BCUT2D eigenvalue weighted by atomic mass is 16.5. The Morgan fingerprint density at radius 1 is 1.24 bits per heavy atom. The van der Waals surface area contributed by atoms with Gasteiger partial charge in [-0.1, -0.05) is 12.1 Å². The summed E-state index contributed by atoms with van der Waals surface area (Å²) in [4.78, 5) is 25.6. The van der Waals surface area contributed by atoms with Crippen molar-refractivity contribution < 1.29 is 14.3 Å². The van der Waals surface area contributed by atoms with Crippen molar-refractivity contribution in [2.45, 2.75) is 0 Å². The lowest BCUT2D eigenvalue weighted by molar-refractivity contribution is 0.0941. The largest absolute Gasteiger partial charge is 0.493 e. The molecule has 2 aromatic rings. The summed E-state index contributed by atoms with van der Waals surface area (Å²) in [5.74, 6) is 0.898. The number of hydrogen-bond acceptors (Lipinski definition) is 4. The molecule has 6 heteroatoms. The molecule has 6 nitrogen and oxygen atoms in total. The molecule has 0 bridgehead atoms. The van der Waals surface area contributed by atoms with Crippen LogP contribution in [0.15, 0.2) is 47.4 Å². The van der Waals surface area contributed by atoms with E-state index in [4.69, 9.17) is 9.47 Å². The molecule has 0 aliphatic heterocycles. The van der Waals surface area contributed by atoms with Crippen LogP contribution < -0.4 is 20.2 Å². The van der Waals surface area contributed by atoms with E-state index in [0.29, 0.717) is 24.7 Å². The molecule has 110 valence electrons. The second-order valence-corrected chi connectivity index (χ2v) is 4.19. The number of para-hydroxylation sites is 2. The van der Waals surface area contributed by atoms with Gasteiger partial charge in [0.15, 0.2) is 16.9 Å². The third-order valence-electron chi connectivity index (χ3n) is 2.73. The van der Waals surface area contributed by atoms with E-state index in [1.807, 2.05) is 12.1 Å². The number of ether oxygens (including phenoxy) is 2. The van der Waals surface area contributed by atoms with E-state index in [0.717, 1.165) is 0 Å². The average Bonchev–Trinajstić information content (AvgIpc) is 2.51. The van der Waals surface area contributed by atoms with Crippen LogP contribution >= 0.6 is 0 Å². The summed E-state index contributed by atoms with van der Waals surface area (Å²) < 4.78 is 10.7. The van der Waals surface area contributed by atoms with Gasteiger partial charge in [-0.25, -0.2) is 0 Å². The number of pyridine rings is 1. The highest BCUT2D eigenvalue weighted by molar-refractivity contribution is 5.92. The minimum Gasteiger partial charge on any atom is -0.493 e. The monoisotopic (exact) mass is 288 g/mol. The van der Waals surface area contributed by atoms with E-state index >= 15 is 0 Å². The third kappa shape index (κ3) is 4.10. The highest BCUT2D eigenvalue weighted by Gasteiger charge is 2.06. The fourth-order valence-corrected chi connectivity index (χ4v) is 1.74. The first-order valence-corrected chi connectivity index (χ1v) is 6.43. The van der Waals surface area contributed by atoms with Crippen molar-refractivity contribution in [1.29, 1.82) is 0 Å². The van der Waals surface area contributed by atoms with Crippen LogP contribution in [-0.4, -0.2) is 31.2 Å². The molecule has 0 aliphatic carbocycles. The quantitative estimate of drug-likeness (QED) is 0.782. The van der Waals surface area contributed by atoms with Gasteiger partial charge >= 0.3 is 0 Å². The zero-order chi connectivity index (χ0) is 15.1. The van der Waals surface area contributed by atoms with Gasteiger partial charge in [-0.15, -0.1) is 0 Å². The molecule has 1 aromatic heterocycles. The Labute approximate surface area is 121 Å². The first-order chi connectivity index (χ1) is 10.2. The number of amides is 1. The van der Waals surface area contributed by atoms with Crippen LogP contribution in [-0.2, 0) is 0 Å². The number of benzene rings is 1. The molecule has 0 saturated heterocycles. The van der Waals surface area contributed by atoms with Crippen molar-refractivity contribution in [2.24, 2.45) is 0 Å². The molecule has 2 N–H and O–H groups in total. The van der Waals surface area contributed by atoms with Crippen LogP contribution in [0.2, 0.25) is 0 Å². The number of nitrogens with one attached hydrogen (secondary N) is 2. The second kappa shape index (κ2) is 7.14. The fourth-order valence-electron chi connectivity index (χ4n) is 1.74. The molecule has 1 heterocycles. The molecule has 0 atom stereocenters. The maximum Gasteiger partial charge on any atom is 0.267 e. The summed E-state index contributed by atoms with van der Waals surface area (Å²) in [6, 6.07) is 9.86. The number of carbonyl (C=O) groups excluding carboxylic acids is 1. The first kappa shape index (κ1) is 14.6. The van der Waals surface area contributed by atoms with E-state index in [9.17, 15) is 9.59 Å². The lowest BCUT2D eigenvalue weighted by Gasteiger charge is -2.10. The van der Waals surface area contributed by atoms with Crippen molar-refractivity contribution in [1.82, 2.24) is 10.3 Å². The number of methoxy groups -OCH3 is 1. The molecule has 2 rings (SSSR count). The van der Waals surface area contributed by atoms with Crippen LogP contribution in [0.5, 0.6) is 11.5 Å². The van der Waals surface area contributed by atoms with Gasteiger partial charge in [-0.05, 0) is 12.1 Å². The van der Waals surface area contributed by atoms with E-state index in [1.165, 1.54) is 18.3 Å². The van der Waals surface area contributed by atoms with Crippen molar-refractivity contribution in [2.75, 3.05) is 20.3 Å². The SMILES string of the molecule is COc1ccccc1OCCNC(=O)c1cc(=O)cc[nH]1. The predicted octanol–water partition coefficient (Wildman–Crippen LogP) is 1.19. The predicted molar refractivity (Wildman–Crippen MR) is 77.9 cm³/mol. The van der Waals surface area contributed by atoms with Gasteiger partial charge in [-0.3, -0.25) is 9.59 Å². The Kier molecular flexibility index (Phi) is 4.98. The van der Waals surface area contributed by atoms with Gasteiger partial charge in [0.2, 0.25) is 0 Å². The molecule has 0 unspecified atom stereocenters. The number of carbonyl (C=O) groups is 1. The number of aromatic amines is 1. The van der Waals surface area contributed by atoms with Gasteiger partial charge in [-0.2, -0.15) is 0 Å². The molecule has 0 radical (unpaired) electrons. The van der Waals surface area contributed by atoms with Crippen LogP contribution in [0.4, 0.5) is 0 Å². The average molecular weight is 288 g/mol. The Morgan fingerprint density at radius 2 is 2.00 bits per heavy atom. The summed E-state index contributed by atoms with van der Waals surface area (Å²) in [5, 5.41) is 2.66. The number of hydrogen-bond donors (Lipinski definition) is 2. The maximum atomic E-state index is 11.8. The zero-order valence-electron chi connectivity index (χ0n) is 11.6. The minimum atomic E-state index is -0.351. The second-order valence-electron chi connectivity index (χ2n) is 4.19. The van der Waals surface area contributed by atoms with Crippen molar-refractivity contribution >= 4 is 5.91 Å². The first-order valence-electron chi connectivity index (χ1n) is 6.43. The summed E-state index contributed by atoms with van der Waals surface area (Å²) >= 11 is 0. The van der Waals surface area contributed by atoms with E-state index in [2.05, 4.69) is 10.3 Å². The smallest absolute Gasteiger partial charge is 0.267 e. The van der Waals surface area contributed by atoms with Crippen molar-refractivity contribution in [3.63, 3.8) is 0 Å². The van der Waals surface area contributed by atoms with Crippen LogP contribution in [0.1, 0.15) is 10.5 Å². The molecule has 0 spiro atoms. The molecular weight excluding hydrogens is 272 g/mol. The molecule has 0 fully saturated rings. The highest BCUT2D eigenvalue weighted by Crippen LogP contribution is 2.25. The van der Waals surface area contributed by atoms with Crippen LogP contribution in [0.3, 0.4) is 0 Å². The Bertz CT molecular complexity index is 666. The maximum absolute atomic E-state index is 11.8. The Balaban J connectivity index is 1.82. The zero-order valence-corrected chi connectivity index (χ0v) is 11.6. The number of rotatable bonds is 6. The van der Waals surface area contributed by atoms with Crippen molar-refractivity contribution in [3.8, 4) is 11.5 Å². The normalized spacial score (nSPS) is 9.95. The van der Waals surface area contributed by atoms with Gasteiger partial charge in [0, 0.05) is 18.3 Å². The molecular formula is C15H16N2O4. The summed E-state index contributed by atoms with van der Waals surface area (Å²) in [5.41, 5.74) is 0.00367. The van der Waals surface area contributed by atoms with Gasteiger partial charge < -0.3 is 19.8 Å². The van der Waals surface area contributed by atoms with Crippen molar-refractivity contribution in [3.05, 3.63) is 58.5 Å². The molecule has 1 aromatic carbocycles. The lowest BCUT2D eigenvalue weighted by atomic mass is 10.3. The van der Waals surface area contributed by atoms with Gasteiger partial charge in [0.25, 0.3) is 5.91 Å². The molecule has 0 aliphatic rings. The summed E-state index contributed by atoms with van der Waals surface area (Å²) in [7, 11) is 1.57. The van der Waals surface area contributed by atoms with E-state index in [1.54, 1.807) is 19.2 Å². The van der Waals surface area contributed by atoms with Gasteiger partial charge in [0.05, 0.1) is 13.7 Å². The minimum absolute atomic E-state index is 0.218. The van der Waals surface area contributed by atoms with Crippen LogP contribution in [0.25, 0.3) is 0 Å². The van der Waals surface area contributed by atoms with Gasteiger partial charge in [0.1, 0.15) is 12.3 Å². The Morgan fingerprint density at radius 3 is 2.71 bits per heavy atom.